The molecule has 0 aromatic heterocycles. The summed E-state index contributed by atoms with van der Waals surface area (Å²) in [5, 5.41) is 6.44. The summed E-state index contributed by atoms with van der Waals surface area (Å²) in [5.41, 5.74) is 4.96. The van der Waals surface area contributed by atoms with Crippen molar-refractivity contribution in [1.82, 2.24) is 15.6 Å². The molecule has 1 saturated heterocycles. The third-order valence-electron chi connectivity index (χ3n) is 5.76. The molecule has 9 nitrogen and oxygen atoms in total. The number of hydrogen-bond acceptors (Lipinski definition) is 6. The first-order valence-electron chi connectivity index (χ1n) is 12.2. The van der Waals surface area contributed by atoms with E-state index in [0.29, 0.717) is 29.6 Å². The molecule has 9 heteroatoms. The van der Waals surface area contributed by atoms with Crippen molar-refractivity contribution >= 4 is 23.9 Å². The topological polar surface area (TPSA) is 109 Å². The molecule has 3 amide bonds. The average molecular weight is 495 g/mol. The first-order valence-corrected chi connectivity index (χ1v) is 12.2. The maximum atomic E-state index is 12.2. The molecule has 0 saturated carbocycles. The lowest BCUT2D eigenvalue weighted by molar-refractivity contribution is -0.139. The third-order valence-corrected chi connectivity index (χ3v) is 5.76. The molecule has 2 aromatic rings. The molecular weight excluding hydrogens is 460 g/mol. The molecular formula is C27H34N4O5. The Hall–Kier alpha value is -3.88. The maximum absolute atomic E-state index is 12.2. The third kappa shape index (κ3) is 7.83. The van der Waals surface area contributed by atoms with Crippen LogP contribution in [-0.4, -0.2) is 55.1 Å². The summed E-state index contributed by atoms with van der Waals surface area (Å²) in [6.07, 6.45) is 3.44. The normalized spacial score (nSPS) is 13.2. The Morgan fingerprint density at radius 1 is 1.00 bits per heavy atom. The van der Waals surface area contributed by atoms with E-state index in [2.05, 4.69) is 29.7 Å². The fourth-order valence-electron chi connectivity index (χ4n) is 3.69. The summed E-state index contributed by atoms with van der Waals surface area (Å²) in [7, 11) is 0. The van der Waals surface area contributed by atoms with Gasteiger partial charge in [0.2, 0.25) is 0 Å². The van der Waals surface area contributed by atoms with Crippen LogP contribution in [0.5, 0.6) is 11.5 Å². The molecule has 1 heterocycles. The van der Waals surface area contributed by atoms with E-state index in [9.17, 15) is 14.4 Å². The van der Waals surface area contributed by atoms with Crippen LogP contribution >= 0.6 is 0 Å². The predicted octanol–water partition coefficient (Wildman–Crippen LogP) is 2.98. The van der Waals surface area contributed by atoms with Gasteiger partial charge in [0.05, 0.1) is 12.8 Å². The number of hydrazone groups is 1. The molecule has 0 radical (unpaired) electrons. The van der Waals surface area contributed by atoms with Gasteiger partial charge in [-0.3, -0.25) is 14.4 Å². The van der Waals surface area contributed by atoms with Crippen molar-refractivity contribution in [1.29, 1.82) is 0 Å². The molecule has 36 heavy (non-hydrogen) atoms. The average Bonchev–Trinajstić information content (AvgIpc) is 3.42. The molecule has 0 aliphatic carbocycles. The van der Waals surface area contributed by atoms with Crippen molar-refractivity contribution in [3.63, 3.8) is 0 Å². The number of hydrogen-bond donors (Lipinski definition) is 2. The predicted molar refractivity (Wildman–Crippen MR) is 137 cm³/mol. The van der Waals surface area contributed by atoms with Gasteiger partial charge in [-0.05, 0) is 60.6 Å². The highest BCUT2D eigenvalue weighted by Gasteiger charge is 2.19. The van der Waals surface area contributed by atoms with Crippen LogP contribution in [-0.2, 0) is 20.9 Å². The van der Waals surface area contributed by atoms with E-state index >= 15 is 0 Å². The van der Waals surface area contributed by atoms with Crippen molar-refractivity contribution in [3.8, 4) is 11.5 Å². The summed E-state index contributed by atoms with van der Waals surface area (Å²) in [6.45, 7) is 8.20. The first kappa shape index (κ1) is 26.7. The number of carbonyl (C=O) groups is 3. The van der Waals surface area contributed by atoms with Crippen molar-refractivity contribution in [2.45, 2.75) is 46.1 Å². The molecule has 0 bridgehead atoms. The monoisotopic (exact) mass is 494 g/mol. The standard InChI is InChI=1S/C27H34N4O5/c1-4-35-24-15-21(9-12-23(24)36-18-25(32)31-13-5-6-14-31)17-29-30-27(34)26(33)28-16-20-7-10-22(11-8-20)19(2)3/h7-12,15,17,19H,4-6,13-14,16,18H2,1-3H3,(H,28,33)(H,30,34)/b29-17-. The Labute approximate surface area is 211 Å². The van der Waals surface area contributed by atoms with Crippen LogP contribution in [0.25, 0.3) is 0 Å². The van der Waals surface area contributed by atoms with Gasteiger partial charge in [-0.2, -0.15) is 5.10 Å². The second-order valence-electron chi connectivity index (χ2n) is 8.79. The molecule has 0 unspecified atom stereocenters. The minimum atomic E-state index is -0.865. The van der Waals surface area contributed by atoms with Crippen molar-refractivity contribution in [2.75, 3.05) is 26.3 Å². The number of nitrogens with zero attached hydrogens (tertiary/aromatic N) is 2. The zero-order valence-electron chi connectivity index (χ0n) is 21.1. The lowest BCUT2D eigenvalue weighted by atomic mass is 10.0. The molecule has 192 valence electrons. The number of amides is 3. The van der Waals surface area contributed by atoms with Gasteiger partial charge in [-0.15, -0.1) is 0 Å². The maximum Gasteiger partial charge on any atom is 0.329 e. The molecule has 1 fully saturated rings. The van der Waals surface area contributed by atoms with Gasteiger partial charge in [0.1, 0.15) is 0 Å². The Morgan fingerprint density at radius 3 is 2.39 bits per heavy atom. The van der Waals surface area contributed by atoms with Crippen molar-refractivity contribution in [3.05, 3.63) is 59.2 Å². The number of nitrogens with one attached hydrogen (secondary N) is 2. The highest BCUT2D eigenvalue weighted by atomic mass is 16.5. The minimum absolute atomic E-state index is 0.0471. The van der Waals surface area contributed by atoms with Gasteiger partial charge in [-0.1, -0.05) is 38.1 Å². The van der Waals surface area contributed by atoms with Crippen LogP contribution in [0.3, 0.4) is 0 Å². The number of benzene rings is 2. The largest absolute Gasteiger partial charge is 0.490 e. The van der Waals surface area contributed by atoms with E-state index in [0.717, 1.165) is 31.5 Å². The quantitative estimate of drug-likeness (QED) is 0.300. The number of rotatable bonds is 10. The van der Waals surface area contributed by atoms with Gasteiger partial charge in [0.25, 0.3) is 5.91 Å². The molecule has 1 aliphatic rings. The Morgan fingerprint density at radius 2 is 1.72 bits per heavy atom. The van der Waals surface area contributed by atoms with Crippen LogP contribution < -0.4 is 20.2 Å². The van der Waals surface area contributed by atoms with Gasteiger partial charge >= 0.3 is 11.8 Å². The second-order valence-corrected chi connectivity index (χ2v) is 8.79. The van der Waals surface area contributed by atoms with E-state index < -0.39 is 11.8 Å². The highest BCUT2D eigenvalue weighted by Crippen LogP contribution is 2.28. The van der Waals surface area contributed by atoms with Crippen molar-refractivity contribution < 1.29 is 23.9 Å². The molecule has 2 aromatic carbocycles. The highest BCUT2D eigenvalue weighted by molar-refractivity contribution is 6.35. The summed E-state index contributed by atoms with van der Waals surface area (Å²) in [4.78, 5) is 38.2. The molecule has 0 spiro atoms. The van der Waals surface area contributed by atoms with Gasteiger partial charge in [0, 0.05) is 19.6 Å². The van der Waals surface area contributed by atoms with E-state index in [-0.39, 0.29) is 19.1 Å². The Kier molecular flexibility index (Phi) is 9.85. The van der Waals surface area contributed by atoms with E-state index in [4.69, 9.17) is 9.47 Å². The summed E-state index contributed by atoms with van der Waals surface area (Å²) < 4.78 is 11.3. The van der Waals surface area contributed by atoms with E-state index in [1.54, 1.807) is 23.1 Å². The second kappa shape index (κ2) is 13.3. The Balaban J connectivity index is 1.49. The van der Waals surface area contributed by atoms with E-state index in [1.807, 2.05) is 31.2 Å². The van der Waals surface area contributed by atoms with Crippen LogP contribution in [0.15, 0.2) is 47.6 Å². The summed E-state index contributed by atoms with van der Waals surface area (Å²) in [5.74, 6) is -0.352. The van der Waals surface area contributed by atoms with E-state index in [1.165, 1.54) is 11.8 Å². The van der Waals surface area contributed by atoms with Gasteiger partial charge in [0.15, 0.2) is 18.1 Å². The SMILES string of the molecule is CCOc1cc(/C=N\NC(=O)C(=O)NCc2ccc(C(C)C)cc2)ccc1OCC(=O)N1CCCC1. The zero-order valence-corrected chi connectivity index (χ0v) is 21.1. The van der Waals surface area contributed by atoms with Crippen molar-refractivity contribution in [2.24, 2.45) is 5.10 Å². The first-order chi connectivity index (χ1) is 17.4. The molecule has 1 aliphatic heterocycles. The summed E-state index contributed by atoms with van der Waals surface area (Å²) >= 11 is 0. The summed E-state index contributed by atoms with van der Waals surface area (Å²) in [6, 6.07) is 13.0. The smallest absolute Gasteiger partial charge is 0.329 e. The fraction of sp³-hybridized carbons (Fsp3) is 0.407. The van der Waals surface area contributed by atoms with Crippen LogP contribution in [0.1, 0.15) is 56.2 Å². The number of likely N-dealkylation sites (tertiary alicyclic amines) is 1. The van der Waals surface area contributed by atoms with Crippen LogP contribution in [0.2, 0.25) is 0 Å². The van der Waals surface area contributed by atoms with Gasteiger partial charge in [-0.25, -0.2) is 5.43 Å². The zero-order chi connectivity index (χ0) is 25.9. The van der Waals surface area contributed by atoms with Gasteiger partial charge < -0.3 is 19.7 Å². The lowest BCUT2D eigenvalue weighted by Crippen LogP contribution is -2.37. The fourth-order valence-corrected chi connectivity index (χ4v) is 3.69. The molecule has 3 rings (SSSR count). The lowest BCUT2D eigenvalue weighted by Gasteiger charge is -2.17. The molecule has 0 atom stereocenters. The number of ether oxygens (including phenoxy) is 2. The molecule has 2 N–H and O–H groups in total. The Bertz CT molecular complexity index is 1080. The minimum Gasteiger partial charge on any atom is -0.490 e. The van der Waals surface area contributed by atoms with Crippen LogP contribution in [0.4, 0.5) is 0 Å². The number of carbonyl (C=O) groups excluding carboxylic acids is 3. The van der Waals surface area contributed by atoms with Crippen LogP contribution in [0, 0.1) is 0 Å².